The molecule has 2 aromatic carbocycles. The minimum absolute atomic E-state index is 0.107. The van der Waals surface area contributed by atoms with E-state index in [1.54, 1.807) is 0 Å². The molecular weight excluding hydrogens is 350 g/mol. The average Bonchev–Trinajstić information content (AvgIpc) is 2.63. The highest BCUT2D eigenvalue weighted by Crippen LogP contribution is 2.22. The van der Waals surface area contributed by atoms with E-state index in [1.807, 2.05) is 59.5 Å². The Balaban J connectivity index is 1.68. The molecule has 0 bridgehead atoms. The second kappa shape index (κ2) is 9.22. The summed E-state index contributed by atoms with van der Waals surface area (Å²) in [5.74, 6) is 0.162. The van der Waals surface area contributed by atoms with Crippen LogP contribution in [0.4, 0.5) is 17.1 Å². The Labute approximate surface area is 168 Å². The van der Waals surface area contributed by atoms with Crippen LogP contribution in [0.5, 0.6) is 0 Å². The molecule has 1 heterocycles. The molecule has 1 aliphatic heterocycles. The molecule has 0 aliphatic carbocycles. The van der Waals surface area contributed by atoms with E-state index in [-0.39, 0.29) is 24.2 Å². The Morgan fingerprint density at radius 3 is 2.18 bits per heavy atom. The number of para-hydroxylation sites is 1. The van der Waals surface area contributed by atoms with E-state index in [1.165, 1.54) is 4.90 Å². The fourth-order valence-electron chi connectivity index (χ4n) is 3.96. The Morgan fingerprint density at radius 1 is 1.04 bits per heavy atom. The van der Waals surface area contributed by atoms with Crippen LogP contribution in [0.25, 0.3) is 0 Å². The quantitative estimate of drug-likeness (QED) is 0.808. The maximum Gasteiger partial charge on any atom is 0.282 e. The number of nitrogens with one attached hydrogen (secondary N) is 2. The number of quaternary nitrogens is 1. The molecule has 0 saturated carbocycles. The summed E-state index contributed by atoms with van der Waals surface area (Å²) in [6.45, 7) is 10.5. The third-order valence-corrected chi connectivity index (χ3v) is 5.01. The van der Waals surface area contributed by atoms with Gasteiger partial charge in [-0.2, -0.15) is 0 Å². The lowest BCUT2D eigenvalue weighted by molar-refractivity contribution is -0.907. The number of rotatable bonds is 6. The number of amides is 1. The largest absolute Gasteiger partial charge is 0.364 e. The first-order chi connectivity index (χ1) is 13.4. The lowest BCUT2D eigenvalue weighted by Gasteiger charge is -2.34. The highest BCUT2D eigenvalue weighted by atomic mass is 16.5. The van der Waals surface area contributed by atoms with Gasteiger partial charge in [0.1, 0.15) is 25.3 Å². The Hall–Kier alpha value is -2.37. The first kappa shape index (κ1) is 20.4. The fourth-order valence-corrected chi connectivity index (χ4v) is 3.96. The van der Waals surface area contributed by atoms with Crippen LogP contribution in [0.2, 0.25) is 0 Å². The molecule has 5 nitrogen and oxygen atoms in total. The number of nitrogens with zero attached hydrogens (tertiary/aromatic N) is 1. The van der Waals surface area contributed by atoms with Crippen LogP contribution in [-0.2, 0) is 9.53 Å². The van der Waals surface area contributed by atoms with Crippen molar-refractivity contribution < 1.29 is 14.4 Å². The first-order valence-electron chi connectivity index (χ1n) is 10.2. The van der Waals surface area contributed by atoms with E-state index < -0.39 is 0 Å². The van der Waals surface area contributed by atoms with Crippen molar-refractivity contribution in [3.8, 4) is 0 Å². The minimum atomic E-state index is 0.107. The van der Waals surface area contributed by atoms with Crippen LogP contribution in [0.3, 0.4) is 0 Å². The first-order valence-corrected chi connectivity index (χ1v) is 10.2. The summed E-state index contributed by atoms with van der Waals surface area (Å²) in [4.78, 5) is 16.3. The van der Waals surface area contributed by atoms with Crippen LogP contribution in [0, 0.1) is 0 Å². The number of carbonyl (C=O) groups is 1. The third-order valence-electron chi connectivity index (χ3n) is 5.01. The minimum Gasteiger partial charge on any atom is -0.364 e. The second-order valence-corrected chi connectivity index (χ2v) is 7.99. The highest BCUT2D eigenvalue weighted by Gasteiger charge is 2.30. The monoisotopic (exact) mass is 382 g/mol. The lowest BCUT2D eigenvalue weighted by atomic mass is 10.2. The lowest BCUT2D eigenvalue weighted by Crippen LogP contribution is -3.16. The van der Waals surface area contributed by atoms with Gasteiger partial charge in [0.15, 0.2) is 6.54 Å². The van der Waals surface area contributed by atoms with Crippen LogP contribution in [0.15, 0.2) is 54.6 Å². The van der Waals surface area contributed by atoms with Gasteiger partial charge in [-0.05, 0) is 64.1 Å². The van der Waals surface area contributed by atoms with Gasteiger partial charge in [0.05, 0.1) is 0 Å². The maximum absolute atomic E-state index is 13.1. The SMILES string of the molecule is CC(C)N(C(=O)C[NH+]1C[C@H](C)O[C@@H](C)C1)c1ccc(Nc2ccccc2)cc1. The summed E-state index contributed by atoms with van der Waals surface area (Å²) in [6.07, 6.45) is 0.393. The number of anilines is 3. The zero-order valence-electron chi connectivity index (χ0n) is 17.3. The number of benzene rings is 2. The summed E-state index contributed by atoms with van der Waals surface area (Å²) < 4.78 is 5.80. The van der Waals surface area contributed by atoms with Crippen LogP contribution < -0.4 is 15.1 Å². The van der Waals surface area contributed by atoms with Crippen molar-refractivity contribution in [3.05, 3.63) is 54.6 Å². The number of ether oxygens (including phenoxy) is 1. The number of carbonyl (C=O) groups excluding carboxylic acids is 1. The zero-order chi connectivity index (χ0) is 20.1. The Kier molecular flexibility index (Phi) is 6.70. The van der Waals surface area contributed by atoms with E-state index in [2.05, 4.69) is 33.0 Å². The normalized spacial score (nSPS) is 22.1. The molecule has 3 rings (SSSR count). The van der Waals surface area contributed by atoms with Gasteiger partial charge in [-0.1, -0.05) is 18.2 Å². The Morgan fingerprint density at radius 2 is 1.61 bits per heavy atom. The molecule has 0 unspecified atom stereocenters. The van der Waals surface area contributed by atoms with E-state index in [4.69, 9.17) is 4.74 Å². The molecule has 1 amide bonds. The number of morpholine rings is 1. The van der Waals surface area contributed by atoms with E-state index in [0.717, 1.165) is 30.2 Å². The van der Waals surface area contributed by atoms with Gasteiger partial charge >= 0.3 is 0 Å². The zero-order valence-corrected chi connectivity index (χ0v) is 17.3. The molecule has 2 N–H and O–H groups in total. The van der Waals surface area contributed by atoms with Crippen molar-refractivity contribution in [1.29, 1.82) is 0 Å². The summed E-state index contributed by atoms with van der Waals surface area (Å²) in [5.41, 5.74) is 2.99. The molecule has 150 valence electrons. The highest BCUT2D eigenvalue weighted by molar-refractivity contribution is 5.94. The molecule has 0 aromatic heterocycles. The smallest absolute Gasteiger partial charge is 0.282 e. The van der Waals surface area contributed by atoms with Crippen molar-refractivity contribution in [2.24, 2.45) is 0 Å². The summed E-state index contributed by atoms with van der Waals surface area (Å²) in [7, 11) is 0. The van der Waals surface area contributed by atoms with Crippen LogP contribution in [0.1, 0.15) is 27.7 Å². The molecule has 28 heavy (non-hydrogen) atoms. The molecule has 5 heteroatoms. The van der Waals surface area contributed by atoms with Crippen molar-refractivity contribution in [1.82, 2.24) is 0 Å². The maximum atomic E-state index is 13.1. The molecule has 2 aromatic rings. The number of hydrogen-bond acceptors (Lipinski definition) is 3. The predicted molar refractivity (Wildman–Crippen MR) is 114 cm³/mol. The molecule has 2 atom stereocenters. The molecule has 1 fully saturated rings. The summed E-state index contributed by atoms with van der Waals surface area (Å²) in [5, 5.41) is 3.38. The molecule has 1 aliphatic rings. The van der Waals surface area contributed by atoms with Gasteiger partial charge < -0.3 is 19.9 Å². The average molecular weight is 383 g/mol. The van der Waals surface area contributed by atoms with E-state index >= 15 is 0 Å². The van der Waals surface area contributed by atoms with Gasteiger partial charge in [0.25, 0.3) is 5.91 Å². The van der Waals surface area contributed by atoms with Crippen molar-refractivity contribution >= 4 is 23.0 Å². The van der Waals surface area contributed by atoms with Gasteiger partial charge in [-0.3, -0.25) is 4.79 Å². The van der Waals surface area contributed by atoms with E-state index in [9.17, 15) is 4.79 Å². The topological polar surface area (TPSA) is 46.0 Å². The van der Waals surface area contributed by atoms with Crippen LogP contribution in [-0.4, -0.2) is 43.8 Å². The third kappa shape index (κ3) is 5.33. The van der Waals surface area contributed by atoms with E-state index in [0.29, 0.717) is 6.54 Å². The van der Waals surface area contributed by atoms with Crippen molar-refractivity contribution in [2.75, 3.05) is 29.9 Å². The molecule has 1 saturated heterocycles. The number of hydrogen-bond donors (Lipinski definition) is 2. The fraction of sp³-hybridized carbons (Fsp3) is 0.435. The molecular formula is C23H32N3O2+. The van der Waals surface area contributed by atoms with Gasteiger partial charge in [-0.15, -0.1) is 0 Å². The second-order valence-electron chi connectivity index (χ2n) is 7.99. The van der Waals surface area contributed by atoms with Gasteiger partial charge in [-0.25, -0.2) is 0 Å². The molecule has 0 spiro atoms. The van der Waals surface area contributed by atoms with Gasteiger partial charge in [0, 0.05) is 23.1 Å². The van der Waals surface area contributed by atoms with Crippen LogP contribution >= 0.6 is 0 Å². The van der Waals surface area contributed by atoms with Crippen molar-refractivity contribution in [2.45, 2.75) is 45.9 Å². The van der Waals surface area contributed by atoms with Crippen molar-refractivity contribution in [3.63, 3.8) is 0 Å². The standard InChI is InChI=1S/C23H31N3O2/c1-17(2)26(23(27)16-25-14-18(3)28-19(4)15-25)22-12-10-21(11-13-22)24-20-8-6-5-7-9-20/h5-13,17-19,24H,14-16H2,1-4H3/p+1/t18-,19-/m0/s1. The summed E-state index contributed by atoms with van der Waals surface area (Å²) in [6, 6.07) is 18.3. The Bertz CT molecular complexity index is 751. The van der Waals surface area contributed by atoms with Gasteiger partial charge in [0.2, 0.25) is 0 Å². The predicted octanol–water partition coefficient (Wildman–Crippen LogP) is 2.86. The summed E-state index contributed by atoms with van der Waals surface area (Å²) >= 11 is 0. The molecule has 0 radical (unpaired) electrons.